The summed E-state index contributed by atoms with van der Waals surface area (Å²) in [7, 11) is 0. The molecule has 1 unspecified atom stereocenters. The third kappa shape index (κ3) is 2.18. The van der Waals surface area contributed by atoms with Gasteiger partial charge in [0.15, 0.2) is 5.78 Å². The first kappa shape index (κ1) is 5.92. The van der Waals surface area contributed by atoms with E-state index in [1.54, 1.807) is 0 Å². The smallest absolute Gasteiger partial charge is 0.161 e. The summed E-state index contributed by atoms with van der Waals surface area (Å²) in [5.41, 5.74) is 4.04. The quantitative estimate of drug-likeness (QED) is 0.382. The van der Waals surface area contributed by atoms with Gasteiger partial charge in [0.1, 0.15) is 5.50 Å². The molecule has 0 aliphatic carbocycles. The van der Waals surface area contributed by atoms with Crippen molar-refractivity contribution in [3.05, 3.63) is 0 Å². The molecule has 1 atom stereocenters. The van der Waals surface area contributed by atoms with Gasteiger partial charge in [-0.25, -0.2) is 0 Å². The molecule has 0 saturated heterocycles. The number of hydrogen-bond acceptors (Lipinski definition) is 2. The van der Waals surface area contributed by atoms with Gasteiger partial charge in [0.2, 0.25) is 0 Å². The summed E-state index contributed by atoms with van der Waals surface area (Å²) in [5, 5.41) is 0. The Bertz CT molecular complexity index is 61.8. The monoisotopic (exact) mass is 107 g/mol. The molecule has 0 rings (SSSR count). The first-order valence-electron chi connectivity index (χ1n) is 1.54. The van der Waals surface area contributed by atoms with Crippen molar-refractivity contribution in [2.75, 3.05) is 0 Å². The molecule has 0 fully saturated rings. The van der Waals surface area contributed by atoms with Gasteiger partial charge in [0.25, 0.3) is 0 Å². The first-order valence-corrected chi connectivity index (χ1v) is 1.98. The van der Waals surface area contributed by atoms with E-state index in [9.17, 15) is 4.79 Å². The molecule has 0 aliphatic heterocycles. The fraction of sp³-hybridized carbons (Fsp3) is 0.667. The van der Waals surface area contributed by atoms with Gasteiger partial charge >= 0.3 is 0 Å². The molecular formula is C3H6ClNO. The zero-order chi connectivity index (χ0) is 5.15. The number of rotatable bonds is 1. The van der Waals surface area contributed by atoms with Gasteiger partial charge in [-0.15, -0.1) is 0 Å². The molecule has 0 bridgehead atoms. The van der Waals surface area contributed by atoms with Crippen LogP contribution < -0.4 is 5.73 Å². The fourth-order valence-electron chi connectivity index (χ4n) is 0. The maximum Gasteiger partial charge on any atom is 0.161 e. The van der Waals surface area contributed by atoms with Crippen molar-refractivity contribution < 1.29 is 4.79 Å². The summed E-state index contributed by atoms with van der Waals surface area (Å²) in [4.78, 5) is 9.89. The molecule has 0 aromatic heterocycles. The Morgan fingerprint density at radius 3 is 2.17 bits per heavy atom. The van der Waals surface area contributed by atoms with E-state index in [-0.39, 0.29) is 5.78 Å². The Labute approximate surface area is 41.3 Å². The highest BCUT2D eigenvalue weighted by Crippen LogP contribution is 1.83. The topological polar surface area (TPSA) is 43.1 Å². The average Bonchev–Trinajstić information content (AvgIpc) is 1.36. The van der Waals surface area contributed by atoms with Crippen molar-refractivity contribution in [1.82, 2.24) is 0 Å². The Hall–Kier alpha value is -0.0800. The molecule has 6 heavy (non-hydrogen) atoms. The van der Waals surface area contributed by atoms with Crippen LogP contribution in [0.15, 0.2) is 0 Å². The Kier molecular flexibility index (Phi) is 2.13. The largest absolute Gasteiger partial charge is 0.309 e. The van der Waals surface area contributed by atoms with Crippen LogP contribution in [-0.4, -0.2) is 11.3 Å². The van der Waals surface area contributed by atoms with Crippen molar-refractivity contribution in [1.29, 1.82) is 0 Å². The van der Waals surface area contributed by atoms with Crippen LogP contribution in [-0.2, 0) is 4.79 Å². The number of ketones is 1. The Morgan fingerprint density at radius 2 is 2.17 bits per heavy atom. The van der Waals surface area contributed by atoms with Crippen molar-refractivity contribution in [3.8, 4) is 0 Å². The summed E-state index contributed by atoms with van der Waals surface area (Å²) >= 11 is 5.04. The molecule has 2 nitrogen and oxygen atoms in total. The third-order valence-electron chi connectivity index (χ3n) is 0.388. The molecule has 0 aliphatic rings. The van der Waals surface area contributed by atoms with Gasteiger partial charge in [-0.3, -0.25) is 4.79 Å². The van der Waals surface area contributed by atoms with Crippen LogP contribution in [0.4, 0.5) is 0 Å². The van der Waals surface area contributed by atoms with Crippen molar-refractivity contribution >= 4 is 17.4 Å². The van der Waals surface area contributed by atoms with Crippen LogP contribution in [0.3, 0.4) is 0 Å². The second kappa shape index (κ2) is 2.16. The molecule has 0 aromatic rings. The maximum atomic E-state index is 9.89. The van der Waals surface area contributed by atoms with Gasteiger partial charge in [-0.1, -0.05) is 11.6 Å². The van der Waals surface area contributed by atoms with Crippen LogP contribution >= 0.6 is 11.6 Å². The summed E-state index contributed by atoms with van der Waals surface area (Å²) in [6.07, 6.45) is 0. The molecule has 0 spiro atoms. The maximum absolute atomic E-state index is 9.89. The third-order valence-corrected chi connectivity index (χ3v) is 0.696. The molecule has 0 amide bonds. The predicted octanol–water partition coefficient (Wildman–Crippen LogP) is 0.0990. The number of alkyl halides is 1. The molecule has 0 radical (unpaired) electrons. The van der Waals surface area contributed by atoms with Crippen molar-refractivity contribution in [2.24, 2.45) is 5.73 Å². The zero-order valence-corrected chi connectivity index (χ0v) is 4.20. The van der Waals surface area contributed by atoms with Gasteiger partial charge in [-0.05, 0) is 6.92 Å². The van der Waals surface area contributed by atoms with Crippen LogP contribution in [0.1, 0.15) is 6.92 Å². The lowest BCUT2D eigenvalue weighted by Gasteiger charge is -1.89. The predicted molar refractivity (Wildman–Crippen MR) is 24.5 cm³/mol. The number of Topliss-reactive ketones (excluding diaryl/α,β-unsaturated/α-hetero) is 1. The van der Waals surface area contributed by atoms with Gasteiger partial charge < -0.3 is 5.73 Å². The minimum Gasteiger partial charge on any atom is -0.309 e. The standard InChI is InChI=1S/C3H6ClNO/c1-2(6)3(4)5/h3H,5H2,1H3. The lowest BCUT2D eigenvalue weighted by molar-refractivity contribution is -0.116. The fourth-order valence-corrected chi connectivity index (χ4v) is 0. The minimum absolute atomic E-state index is 0.198. The minimum atomic E-state index is -0.815. The molecule has 0 heterocycles. The number of nitrogens with two attached hydrogens (primary N) is 1. The van der Waals surface area contributed by atoms with Gasteiger partial charge in [0, 0.05) is 0 Å². The molecule has 36 valence electrons. The summed E-state index contributed by atoms with van der Waals surface area (Å²) in [6.45, 7) is 1.34. The number of hydrogen-bond donors (Lipinski definition) is 1. The Balaban J connectivity index is 3.26. The first-order chi connectivity index (χ1) is 2.64. The van der Waals surface area contributed by atoms with E-state index in [1.807, 2.05) is 0 Å². The van der Waals surface area contributed by atoms with Gasteiger partial charge in [0.05, 0.1) is 0 Å². The van der Waals surface area contributed by atoms with E-state index < -0.39 is 5.50 Å². The summed E-state index contributed by atoms with van der Waals surface area (Å²) in [5.74, 6) is -0.198. The van der Waals surface area contributed by atoms with E-state index in [0.29, 0.717) is 0 Å². The van der Waals surface area contributed by atoms with E-state index in [1.165, 1.54) is 6.92 Å². The second-order valence-corrected chi connectivity index (χ2v) is 1.48. The van der Waals surface area contributed by atoms with E-state index in [2.05, 4.69) is 0 Å². The SMILES string of the molecule is CC(=O)C(N)Cl. The molecule has 2 N–H and O–H groups in total. The molecule has 0 saturated carbocycles. The summed E-state index contributed by atoms with van der Waals surface area (Å²) in [6, 6.07) is 0. The van der Waals surface area contributed by atoms with E-state index >= 15 is 0 Å². The zero-order valence-electron chi connectivity index (χ0n) is 3.44. The number of halogens is 1. The van der Waals surface area contributed by atoms with Crippen molar-refractivity contribution in [3.63, 3.8) is 0 Å². The van der Waals surface area contributed by atoms with Crippen molar-refractivity contribution in [2.45, 2.75) is 12.4 Å². The lowest BCUT2D eigenvalue weighted by atomic mass is 10.5. The highest BCUT2D eigenvalue weighted by Gasteiger charge is 1.98. The molecule has 0 aromatic carbocycles. The summed E-state index contributed by atoms with van der Waals surface area (Å²) < 4.78 is 0. The van der Waals surface area contributed by atoms with Crippen LogP contribution in [0.5, 0.6) is 0 Å². The molecule has 3 heteroatoms. The van der Waals surface area contributed by atoms with Crippen LogP contribution in [0, 0.1) is 0 Å². The Morgan fingerprint density at radius 1 is 2.00 bits per heavy atom. The van der Waals surface area contributed by atoms with Gasteiger partial charge in [-0.2, -0.15) is 0 Å². The van der Waals surface area contributed by atoms with Crippen LogP contribution in [0.2, 0.25) is 0 Å². The second-order valence-electron chi connectivity index (χ2n) is 1.01. The van der Waals surface area contributed by atoms with E-state index in [4.69, 9.17) is 17.3 Å². The number of carbonyl (C=O) groups is 1. The molecular weight excluding hydrogens is 101 g/mol. The van der Waals surface area contributed by atoms with E-state index in [0.717, 1.165) is 0 Å². The van der Waals surface area contributed by atoms with Crippen LogP contribution in [0.25, 0.3) is 0 Å². The number of carbonyl (C=O) groups excluding carboxylic acids is 1. The highest BCUT2D eigenvalue weighted by atomic mass is 35.5. The average molecular weight is 108 g/mol. The normalized spacial score (nSPS) is 13.8. The highest BCUT2D eigenvalue weighted by molar-refractivity contribution is 6.30. The lowest BCUT2D eigenvalue weighted by Crippen LogP contribution is -2.20.